The van der Waals surface area contributed by atoms with E-state index in [1.165, 1.54) is 6.20 Å². The quantitative estimate of drug-likeness (QED) is 0.648. The van der Waals surface area contributed by atoms with Gasteiger partial charge in [0.15, 0.2) is 11.6 Å². The smallest absolute Gasteiger partial charge is 0.341 e. The number of aromatic carboxylic acids is 1. The van der Waals surface area contributed by atoms with Crippen LogP contribution >= 0.6 is 24.0 Å². The SMILES string of the molecule is CCN1CC2CCC1CN2c1nc2c(cc1F)c(=O)c(C(=O)O)cn2CC.I. The highest BCUT2D eigenvalue weighted by Crippen LogP contribution is 2.33. The van der Waals surface area contributed by atoms with Crippen LogP contribution in [0, 0.1) is 5.82 Å². The number of nitrogens with zero attached hydrogens (tertiary/aromatic N) is 4. The Hall–Kier alpha value is -1.75. The van der Waals surface area contributed by atoms with E-state index in [0.717, 1.165) is 38.5 Å². The predicted molar refractivity (Wildman–Crippen MR) is 115 cm³/mol. The number of carboxylic acids is 1. The topological polar surface area (TPSA) is 78.7 Å². The van der Waals surface area contributed by atoms with Gasteiger partial charge in [0.2, 0.25) is 5.43 Å². The zero-order chi connectivity index (χ0) is 19.3. The highest BCUT2D eigenvalue weighted by molar-refractivity contribution is 14.0. The summed E-state index contributed by atoms with van der Waals surface area (Å²) in [5.74, 6) is -1.63. The number of likely N-dealkylation sites (N-methyl/N-ethyl adjacent to an activating group) is 1. The molecular weight excluding hydrogens is 478 g/mol. The van der Waals surface area contributed by atoms with Crippen molar-refractivity contribution >= 4 is 46.8 Å². The highest BCUT2D eigenvalue weighted by Gasteiger charge is 2.39. The number of carboxylic acid groups (broad SMARTS) is 1. The predicted octanol–water partition coefficient (Wildman–Crippen LogP) is 2.54. The van der Waals surface area contributed by atoms with Gasteiger partial charge in [0.25, 0.3) is 0 Å². The minimum atomic E-state index is -1.32. The van der Waals surface area contributed by atoms with Crippen LogP contribution in [-0.2, 0) is 6.54 Å². The third-order valence-electron chi connectivity index (χ3n) is 5.88. The van der Waals surface area contributed by atoms with Gasteiger partial charge in [-0.25, -0.2) is 14.2 Å². The van der Waals surface area contributed by atoms with Crippen LogP contribution in [0.2, 0.25) is 0 Å². The zero-order valence-electron chi connectivity index (χ0n) is 15.9. The normalized spacial score (nSPS) is 21.8. The summed E-state index contributed by atoms with van der Waals surface area (Å²) in [6.07, 6.45) is 3.40. The number of anilines is 1. The lowest BCUT2D eigenvalue weighted by atomic mass is 9.91. The monoisotopic (exact) mass is 502 g/mol. The molecule has 3 aliphatic rings. The molecule has 0 saturated carbocycles. The van der Waals surface area contributed by atoms with Crippen LogP contribution < -0.4 is 10.3 Å². The summed E-state index contributed by atoms with van der Waals surface area (Å²) in [7, 11) is 0. The van der Waals surface area contributed by atoms with Crippen molar-refractivity contribution in [3.8, 4) is 0 Å². The standard InChI is InChI=1S/C19H23FN4O3.HI/c1-3-22-8-12-6-5-11(22)9-24(12)18-15(20)7-13-16(25)14(19(26)27)10-23(4-2)17(13)21-18;/h7,10-12H,3-6,8-9H2,1-2H3,(H,26,27);1H. The third kappa shape index (κ3) is 3.28. The van der Waals surface area contributed by atoms with Crippen molar-refractivity contribution in [3.63, 3.8) is 0 Å². The maximum atomic E-state index is 14.9. The molecule has 2 atom stereocenters. The van der Waals surface area contributed by atoms with E-state index in [2.05, 4.69) is 16.8 Å². The number of piperidine rings is 2. The fourth-order valence-corrected chi connectivity index (χ4v) is 4.43. The maximum absolute atomic E-state index is 14.9. The van der Waals surface area contributed by atoms with E-state index in [1.54, 1.807) is 4.57 Å². The molecular formula is C19H24FIN4O3. The largest absolute Gasteiger partial charge is 0.477 e. The maximum Gasteiger partial charge on any atom is 0.341 e. The number of pyridine rings is 2. The molecule has 1 N–H and O–H groups in total. The van der Waals surface area contributed by atoms with Crippen molar-refractivity contribution < 1.29 is 14.3 Å². The summed E-state index contributed by atoms with van der Waals surface area (Å²) in [6.45, 7) is 7.00. The van der Waals surface area contributed by atoms with Gasteiger partial charge < -0.3 is 14.6 Å². The molecule has 0 aliphatic carbocycles. The molecule has 9 heteroatoms. The molecule has 28 heavy (non-hydrogen) atoms. The second kappa shape index (κ2) is 7.94. The van der Waals surface area contributed by atoms with E-state index in [4.69, 9.17) is 0 Å². The Morgan fingerprint density at radius 3 is 2.54 bits per heavy atom. The number of carbonyl (C=O) groups is 1. The van der Waals surface area contributed by atoms with Crippen LogP contribution in [-0.4, -0.2) is 57.2 Å². The van der Waals surface area contributed by atoms with Gasteiger partial charge >= 0.3 is 5.97 Å². The average Bonchev–Trinajstić information content (AvgIpc) is 2.68. The molecule has 2 bridgehead atoms. The molecule has 0 radical (unpaired) electrons. The molecule has 2 unspecified atom stereocenters. The molecule has 5 rings (SSSR count). The summed E-state index contributed by atoms with van der Waals surface area (Å²) >= 11 is 0. The first-order chi connectivity index (χ1) is 12.9. The van der Waals surface area contributed by atoms with Gasteiger partial charge in [-0.05, 0) is 32.4 Å². The second-order valence-electron chi connectivity index (χ2n) is 7.25. The van der Waals surface area contributed by atoms with E-state index in [-0.39, 0.29) is 46.8 Å². The summed E-state index contributed by atoms with van der Waals surface area (Å²) in [6, 6.07) is 1.74. The molecule has 2 aromatic heterocycles. The summed E-state index contributed by atoms with van der Waals surface area (Å²) in [5, 5.41) is 9.26. The van der Waals surface area contributed by atoms with Crippen LogP contribution in [0.1, 0.15) is 37.0 Å². The van der Waals surface area contributed by atoms with Crippen LogP contribution in [0.25, 0.3) is 11.0 Å². The van der Waals surface area contributed by atoms with E-state index >= 15 is 0 Å². The molecule has 0 amide bonds. The van der Waals surface area contributed by atoms with Gasteiger partial charge in [-0.2, -0.15) is 0 Å². The zero-order valence-corrected chi connectivity index (χ0v) is 18.2. The number of aromatic nitrogens is 2. The van der Waals surface area contributed by atoms with Crippen molar-refractivity contribution in [1.82, 2.24) is 14.5 Å². The van der Waals surface area contributed by atoms with E-state index < -0.39 is 17.2 Å². The van der Waals surface area contributed by atoms with Crippen molar-refractivity contribution in [2.75, 3.05) is 24.5 Å². The van der Waals surface area contributed by atoms with Crippen molar-refractivity contribution in [2.24, 2.45) is 0 Å². The van der Waals surface area contributed by atoms with E-state index in [1.807, 2.05) is 11.8 Å². The van der Waals surface area contributed by atoms with Crippen molar-refractivity contribution in [2.45, 2.75) is 45.3 Å². The number of aryl methyl sites for hydroxylation is 1. The van der Waals surface area contributed by atoms with Gasteiger partial charge in [-0.1, -0.05) is 6.92 Å². The first kappa shape index (κ1) is 21.0. The minimum absolute atomic E-state index is 0. The Kier molecular flexibility index (Phi) is 5.95. The number of piperazine rings is 1. The summed E-state index contributed by atoms with van der Waals surface area (Å²) in [5.41, 5.74) is -0.732. The third-order valence-corrected chi connectivity index (χ3v) is 5.88. The lowest BCUT2D eigenvalue weighted by molar-refractivity contribution is 0.0695. The molecule has 0 aromatic carbocycles. The summed E-state index contributed by atoms with van der Waals surface area (Å²) in [4.78, 5) is 32.7. The fraction of sp³-hybridized carbons (Fsp3) is 0.526. The van der Waals surface area contributed by atoms with Gasteiger partial charge in [-0.15, -0.1) is 24.0 Å². The van der Waals surface area contributed by atoms with Crippen molar-refractivity contribution in [3.05, 3.63) is 33.9 Å². The van der Waals surface area contributed by atoms with Crippen LogP contribution in [0.3, 0.4) is 0 Å². The van der Waals surface area contributed by atoms with Crippen LogP contribution in [0.4, 0.5) is 10.2 Å². The second-order valence-corrected chi connectivity index (χ2v) is 7.25. The van der Waals surface area contributed by atoms with Gasteiger partial charge in [0, 0.05) is 37.9 Å². The lowest BCUT2D eigenvalue weighted by Gasteiger charge is -2.51. The van der Waals surface area contributed by atoms with E-state index in [0.29, 0.717) is 18.2 Å². The highest BCUT2D eigenvalue weighted by atomic mass is 127. The first-order valence-electron chi connectivity index (χ1n) is 9.42. The molecule has 2 aromatic rings. The number of halogens is 2. The Balaban J connectivity index is 0.00000225. The number of hydrogen-bond donors (Lipinski definition) is 1. The molecule has 5 heterocycles. The average molecular weight is 502 g/mol. The number of hydrogen-bond acceptors (Lipinski definition) is 5. The Bertz CT molecular complexity index is 980. The Morgan fingerprint density at radius 1 is 1.25 bits per heavy atom. The van der Waals surface area contributed by atoms with Gasteiger partial charge in [0.05, 0.1) is 5.39 Å². The first-order valence-corrected chi connectivity index (χ1v) is 9.42. The minimum Gasteiger partial charge on any atom is -0.477 e. The molecule has 0 spiro atoms. The van der Waals surface area contributed by atoms with Gasteiger partial charge in [0.1, 0.15) is 11.2 Å². The van der Waals surface area contributed by atoms with Crippen molar-refractivity contribution in [1.29, 1.82) is 0 Å². The molecule has 3 fully saturated rings. The number of rotatable bonds is 4. The number of fused-ring (bicyclic) bond motifs is 4. The molecule has 3 aliphatic heterocycles. The Morgan fingerprint density at radius 2 is 1.96 bits per heavy atom. The molecule has 152 valence electrons. The van der Waals surface area contributed by atoms with Gasteiger partial charge in [-0.3, -0.25) is 9.69 Å². The Labute approximate surface area is 179 Å². The van der Waals surface area contributed by atoms with Crippen LogP contribution in [0.5, 0.6) is 0 Å². The summed E-state index contributed by atoms with van der Waals surface area (Å²) < 4.78 is 16.5. The molecule has 7 nitrogen and oxygen atoms in total. The molecule has 3 saturated heterocycles. The lowest BCUT2D eigenvalue weighted by Crippen LogP contribution is -2.63. The fourth-order valence-electron chi connectivity index (χ4n) is 4.43. The van der Waals surface area contributed by atoms with Crippen LogP contribution in [0.15, 0.2) is 17.1 Å². The van der Waals surface area contributed by atoms with E-state index in [9.17, 15) is 19.1 Å².